The molecule has 2 amide bonds. The molecule has 0 aliphatic carbocycles. The van der Waals surface area contributed by atoms with E-state index in [4.69, 9.17) is 0 Å². The molecule has 1 N–H and O–H groups in total. The molecule has 4 rings (SSSR count). The first-order chi connectivity index (χ1) is 13.5. The minimum atomic E-state index is -0.145. The predicted octanol–water partition coefficient (Wildman–Crippen LogP) is 4.76. The fourth-order valence-corrected chi connectivity index (χ4v) is 3.60. The van der Waals surface area contributed by atoms with Gasteiger partial charge < -0.3 is 10.2 Å². The van der Waals surface area contributed by atoms with Crippen LogP contribution in [0.3, 0.4) is 0 Å². The first kappa shape index (κ1) is 18.0. The lowest BCUT2D eigenvalue weighted by atomic mass is 10.0. The maximum Gasteiger partial charge on any atom is 0.258 e. The maximum absolute atomic E-state index is 12.9. The van der Waals surface area contributed by atoms with Crippen LogP contribution in [0, 0.1) is 13.8 Å². The summed E-state index contributed by atoms with van der Waals surface area (Å²) in [6.07, 6.45) is 0.881. The van der Waals surface area contributed by atoms with Crippen LogP contribution in [0.25, 0.3) is 0 Å². The molecule has 4 heteroatoms. The molecule has 0 spiro atoms. The second-order valence-corrected chi connectivity index (χ2v) is 7.11. The summed E-state index contributed by atoms with van der Waals surface area (Å²) in [4.78, 5) is 27.3. The summed E-state index contributed by atoms with van der Waals surface area (Å²) in [5.41, 5.74) is 6.19. The molecule has 4 nitrogen and oxygen atoms in total. The van der Waals surface area contributed by atoms with E-state index in [1.807, 2.05) is 55.1 Å². The second-order valence-electron chi connectivity index (χ2n) is 7.11. The van der Waals surface area contributed by atoms with Crippen molar-refractivity contribution in [1.29, 1.82) is 0 Å². The Morgan fingerprint density at radius 2 is 1.64 bits per heavy atom. The van der Waals surface area contributed by atoms with Crippen molar-refractivity contribution in [3.05, 3.63) is 94.5 Å². The number of hydrogen-bond donors (Lipinski definition) is 1. The van der Waals surface area contributed by atoms with Crippen molar-refractivity contribution in [3.8, 4) is 0 Å². The molecule has 3 aromatic carbocycles. The highest BCUT2D eigenvalue weighted by atomic mass is 16.2. The van der Waals surface area contributed by atoms with Gasteiger partial charge in [-0.05, 0) is 73.4 Å². The molecule has 140 valence electrons. The topological polar surface area (TPSA) is 49.4 Å². The summed E-state index contributed by atoms with van der Waals surface area (Å²) >= 11 is 0. The Balaban J connectivity index is 1.49. The summed E-state index contributed by atoms with van der Waals surface area (Å²) in [6, 6.07) is 20.8. The lowest BCUT2D eigenvalue weighted by Gasteiger charge is -2.17. The van der Waals surface area contributed by atoms with Crippen LogP contribution in [0.5, 0.6) is 0 Å². The number of carbonyl (C=O) groups is 2. The molecule has 0 radical (unpaired) electrons. The van der Waals surface area contributed by atoms with E-state index in [-0.39, 0.29) is 11.8 Å². The summed E-state index contributed by atoms with van der Waals surface area (Å²) < 4.78 is 0. The average molecular weight is 370 g/mol. The molecule has 3 aromatic rings. The Hall–Kier alpha value is -3.40. The van der Waals surface area contributed by atoms with Crippen molar-refractivity contribution < 1.29 is 9.59 Å². The fraction of sp³-hybridized carbons (Fsp3) is 0.167. The van der Waals surface area contributed by atoms with Crippen LogP contribution in [0.15, 0.2) is 66.7 Å². The number of carbonyl (C=O) groups excluding carboxylic acids is 2. The van der Waals surface area contributed by atoms with E-state index in [2.05, 4.69) is 11.4 Å². The number of hydrogen-bond acceptors (Lipinski definition) is 2. The van der Waals surface area contributed by atoms with Crippen LogP contribution in [0.1, 0.15) is 37.4 Å². The highest BCUT2D eigenvalue weighted by Crippen LogP contribution is 2.29. The zero-order valence-corrected chi connectivity index (χ0v) is 16.0. The molecule has 1 aliphatic rings. The lowest BCUT2D eigenvalue weighted by Crippen LogP contribution is -2.28. The van der Waals surface area contributed by atoms with Crippen LogP contribution < -0.4 is 10.2 Å². The van der Waals surface area contributed by atoms with Gasteiger partial charge in [0.1, 0.15) is 0 Å². The highest BCUT2D eigenvalue weighted by molar-refractivity contribution is 6.08. The second kappa shape index (κ2) is 7.31. The molecule has 28 heavy (non-hydrogen) atoms. The Labute approximate surface area is 164 Å². The third-order valence-corrected chi connectivity index (χ3v) is 5.37. The first-order valence-corrected chi connectivity index (χ1v) is 9.42. The summed E-state index contributed by atoms with van der Waals surface area (Å²) in [6.45, 7) is 4.63. The number of anilines is 2. The minimum absolute atomic E-state index is 0.0163. The SMILES string of the molecule is Cc1cccc(C(=O)Nc2ccc(C(=O)N3CCc4ccccc43)cc2)c1C. The van der Waals surface area contributed by atoms with E-state index in [1.165, 1.54) is 5.56 Å². The number of benzene rings is 3. The summed E-state index contributed by atoms with van der Waals surface area (Å²) in [5, 5.41) is 2.91. The van der Waals surface area contributed by atoms with E-state index in [1.54, 1.807) is 24.3 Å². The zero-order valence-electron chi connectivity index (χ0n) is 16.0. The Bertz CT molecular complexity index is 1050. The quantitative estimate of drug-likeness (QED) is 0.723. The van der Waals surface area contributed by atoms with E-state index in [0.717, 1.165) is 23.2 Å². The van der Waals surface area contributed by atoms with Crippen LogP contribution in [0.2, 0.25) is 0 Å². The number of rotatable bonds is 3. The van der Waals surface area contributed by atoms with Crippen molar-refractivity contribution in [1.82, 2.24) is 0 Å². The summed E-state index contributed by atoms with van der Waals surface area (Å²) in [7, 11) is 0. The molecular formula is C24H22N2O2. The molecule has 1 aliphatic heterocycles. The van der Waals surface area contributed by atoms with Gasteiger partial charge in [0, 0.05) is 29.0 Å². The molecule has 0 unspecified atom stereocenters. The van der Waals surface area contributed by atoms with Gasteiger partial charge >= 0.3 is 0 Å². The van der Waals surface area contributed by atoms with Gasteiger partial charge in [-0.25, -0.2) is 0 Å². The molecular weight excluding hydrogens is 348 g/mol. The van der Waals surface area contributed by atoms with Gasteiger partial charge in [0.15, 0.2) is 0 Å². The van der Waals surface area contributed by atoms with E-state index in [0.29, 0.717) is 23.4 Å². The molecule has 1 heterocycles. The number of aryl methyl sites for hydroxylation is 1. The van der Waals surface area contributed by atoms with E-state index < -0.39 is 0 Å². The number of fused-ring (bicyclic) bond motifs is 1. The normalized spacial score (nSPS) is 12.6. The molecule has 0 saturated heterocycles. The third kappa shape index (κ3) is 3.29. The van der Waals surface area contributed by atoms with Gasteiger partial charge in [0.2, 0.25) is 0 Å². The summed E-state index contributed by atoms with van der Waals surface area (Å²) in [5.74, 6) is -0.161. The Morgan fingerprint density at radius 1 is 0.893 bits per heavy atom. The van der Waals surface area contributed by atoms with Gasteiger partial charge in [0.05, 0.1) is 0 Å². The van der Waals surface area contributed by atoms with Crippen molar-refractivity contribution in [3.63, 3.8) is 0 Å². The number of para-hydroxylation sites is 1. The average Bonchev–Trinajstić information content (AvgIpc) is 3.14. The first-order valence-electron chi connectivity index (χ1n) is 9.42. The van der Waals surface area contributed by atoms with Crippen molar-refractivity contribution in [2.45, 2.75) is 20.3 Å². The number of nitrogens with zero attached hydrogens (tertiary/aromatic N) is 1. The predicted molar refractivity (Wildman–Crippen MR) is 112 cm³/mol. The van der Waals surface area contributed by atoms with Gasteiger partial charge in [-0.1, -0.05) is 30.3 Å². The van der Waals surface area contributed by atoms with E-state index >= 15 is 0 Å². The minimum Gasteiger partial charge on any atom is -0.322 e. The molecule has 0 bridgehead atoms. The van der Waals surface area contributed by atoms with Crippen LogP contribution in [0.4, 0.5) is 11.4 Å². The lowest BCUT2D eigenvalue weighted by molar-refractivity contribution is 0.0988. The standard InChI is InChI=1S/C24H22N2O2/c1-16-6-5-8-21(17(16)2)23(27)25-20-12-10-19(11-13-20)24(28)26-15-14-18-7-3-4-9-22(18)26/h3-13H,14-15H2,1-2H3,(H,25,27). The van der Waals surface area contributed by atoms with Crippen LogP contribution >= 0.6 is 0 Å². The largest absolute Gasteiger partial charge is 0.322 e. The van der Waals surface area contributed by atoms with Crippen molar-refractivity contribution in [2.75, 3.05) is 16.8 Å². The van der Waals surface area contributed by atoms with Gasteiger partial charge in [-0.2, -0.15) is 0 Å². The van der Waals surface area contributed by atoms with Gasteiger partial charge in [-0.3, -0.25) is 9.59 Å². The van der Waals surface area contributed by atoms with Crippen molar-refractivity contribution >= 4 is 23.2 Å². The number of nitrogens with one attached hydrogen (secondary N) is 1. The highest BCUT2D eigenvalue weighted by Gasteiger charge is 2.25. The fourth-order valence-electron chi connectivity index (χ4n) is 3.60. The molecule has 0 saturated carbocycles. The van der Waals surface area contributed by atoms with Crippen LogP contribution in [-0.2, 0) is 6.42 Å². The van der Waals surface area contributed by atoms with Crippen LogP contribution in [-0.4, -0.2) is 18.4 Å². The maximum atomic E-state index is 12.9. The van der Waals surface area contributed by atoms with Crippen molar-refractivity contribution in [2.24, 2.45) is 0 Å². The third-order valence-electron chi connectivity index (χ3n) is 5.37. The van der Waals surface area contributed by atoms with E-state index in [9.17, 15) is 9.59 Å². The molecule has 0 aromatic heterocycles. The Morgan fingerprint density at radius 3 is 2.43 bits per heavy atom. The smallest absolute Gasteiger partial charge is 0.258 e. The van der Waals surface area contributed by atoms with Gasteiger partial charge in [0.25, 0.3) is 11.8 Å². The van der Waals surface area contributed by atoms with Gasteiger partial charge in [-0.15, -0.1) is 0 Å². The molecule has 0 fully saturated rings. The zero-order chi connectivity index (χ0) is 19.7. The molecule has 0 atom stereocenters. The Kier molecular flexibility index (Phi) is 4.70. The number of amides is 2. The monoisotopic (exact) mass is 370 g/mol.